The quantitative estimate of drug-likeness (QED) is 0.797. The van der Waals surface area contributed by atoms with Crippen LogP contribution in [0.3, 0.4) is 0 Å². The third-order valence-corrected chi connectivity index (χ3v) is 3.79. The zero-order valence-corrected chi connectivity index (χ0v) is 10.1. The predicted octanol–water partition coefficient (Wildman–Crippen LogP) is 1.44. The fourth-order valence-corrected chi connectivity index (χ4v) is 2.98. The molecule has 3 aliphatic rings. The zero-order chi connectivity index (χ0) is 11.8. The molecule has 3 nitrogen and oxygen atoms in total. The summed E-state index contributed by atoms with van der Waals surface area (Å²) in [5, 5.41) is 3.52. The highest BCUT2D eigenvalue weighted by molar-refractivity contribution is 5.95. The van der Waals surface area contributed by atoms with Crippen LogP contribution in [0.1, 0.15) is 29.3 Å². The number of Topliss-reactive ketones (excluding diaryl/α,β-unsaturated/α-hetero) is 1. The van der Waals surface area contributed by atoms with Gasteiger partial charge in [-0.1, -0.05) is 24.3 Å². The molecule has 1 aromatic carbocycles. The van der Waals surface area contributed by atoms with E-state index in [-0.39, 0.29) is 5.78 Å². The van der Waals surface area contributed by atoms with Crippen molar-refractivity contribution in [2.24, 2.45) is 0 Å². The van der Waals surface area contributed by atoms with Crippen molar-refractivity contribution >= 4 is 5.78 Å². The van der Waals surface area contributed by atoms with Gasteiger partial charge in [-0.25, -0.2) is 0 Å². The molecule has 3 heterocycles. The van der Waals surface area contributed by atoms with Gasteiger partial charge in [0.05, 0.1) is 0 Å². The van der Waals surface area contributed by atoms with Gasteiger partial charge < -0.3 is 5.32 Å². The molecular weight excluding hydrogens is 212 g/mol. The SMILES string of the molecule is CC(=O)c1ccccc1CN1CC2CC(C1)N2. The predicted molar refractivity (Wildman–Crippen MR) is 67.1 cm³/mol. The molecule has 2 unspecified atom stereocenters. The van der Waals surface area contributed by atoms with E-state index < -0.39 is 0 Å². The maximum absolute atomic E-state index is 11.6. The van der Waals surface area contributed by atoms with Crippen molar-refractivity contribution in [2.75, 3.05) is 13.1 Å². The second kappa shape index (κ2) is 4.24. The summed E-state index contributed by atoms with van der Waals surface area (Å²) in [6.07, 6.45) is 1.32. The van der Waals surface area contributed by atoms with Gasteiger partial charge >= 0.3 is 0 Å². The van der Waals surface area contributed by atoms with Crippen LogP contribution in [0.2, 0.25) is 0 Å². The smallest absolute Gasteiger partial charge is 0.160 e. The number of rotatable bonds is 3. The highest BCUT2D eigenvalue weighted by atomic mass is 16.1. The van der Waals surface area contributed by atoms with Crippen LogP contribution in [0.25, 0.3) is 0 Å². The first kappa shape index (κ1) is 10.9. The molecule has 2 bridgehead atoms. The lowest BCUT2D eigenvalue weighted by Crippen LogP contribution is -2.66. The molecule has 3 aliphatic heterocycles. The molecule has 4 rings (SSSR count). The van der Waals surface area contributed by atoms with Gasteiger partial charge in [-0.3, -0.25) is 9.69 Å². The van der Waals surface area contributed by atoms with E-state index in [4.69, 9.17) is 0 Å². The maximum Gasteiger partial charge on any atom is 0.160 e. The van der Waals surface area contributed by atoms with Crippen LogP contribution in [-0.4, -0.2) is 35.9 Å². The lowest BCUT2D eigenvalue weighted by atomic mass is 9.90. The average molecular weight is 230 g/mol. The molecule has 90 valence electrons. The summed E-state index contributed by atoms with van der Waals surface area (Å²) in [5.41, 5.74) is 2.04. The topological polar surface area (TPSA) is 32.3 Å². The van der Waals surface area contributed by atoms with Crippen LogP contribution in [0.4, 0.5) is 0 Å². The molecule has 0 saturated carbocycles. The third-order valence-electron chi connectivity index (χ3n) is 3.79. The van der Waals surface area contributed by atoms with Gasteiger partial charge in [-0.2, -0.15) is 0 Å². The maximum atomic E-state index is 11.6. The van der Waals surface area contributed by atoms with E-state index in [1.165, 1.54) is 12.0 Å². The summed E-state index contributed by atoms with van der Waals surface area (Å²) in [7, 11) is 0. The molecular formula is C14H18N2O. The minimum Gasteiger partial charge on any atom is -0.309 e. The van der Waals surface area contributed by atoms with E-state index in [0.717, 1.165) is 25.2 Å². The number of nitrogens with zero attached hydrogens (tertiary/aromatic N) is 1. The van der Waals surface area contributed by atoms with Crippen LogP contribution in [0, 0.1) is 0 Å². The van der Waals surface area contributed by atoms with Gasteiger partial charge in [0.2, 0.25) is 0 Å². The van der Waals surface area contributed by atoms with Crippen molar-refractivity contribution in [1.82, 2.24) is 10.2 Å². The van der Waals surface area contributed by atoms with Crippen LogP contribution in [-0.2, 0) is 6.54 Å². The molecule has 3 heteroatoms. The normalized spacial score (nSPS) is 27.6. The molecule has 1 aromatic rings. The number of carbonyl (C=O) groups excluding carboxylic acids is 1. The minimum absolute atomic E-state index is 0.167. The molecule has 0 spiro atoms. The van der Waals surface area contributed by atoms with Gasteiger partial charge in [0, 0.05) is 37.3 Å². The molecule has 0 amide bonds. The molecule has 0 radical (unpaired) electrons. The van der Waals surface area contributed by atoms with E-state index in [1.54, 1.807) is 6.92 Å². The highest BCUT2D eigenvalue weighted by Gasteiger charge is 2.36. The van der Waals surface area contributed by atoms with Gasteiger partial charge in [0.1, 0.15) is 0 Å². The number of nitrogens with one attached hydrogen (secondary N) is 1. The van der Waals surface area contributed by atoms with Crippen molar-refractivity contribution in [3.05, 3.63) is 35.4 Å². The Hall–Kier alpha value is -1.19. The molecule has 0 aliphatic carbocycles. The zero-order valence-electron chi connectivity index (χ0n) is 10.1. The Morgan fingerprint density at radius 3 is 2.65 bits per heavy atom. The van der Waals surface area contributed by atoms with Crippen LogP contribution in [0.5, 0.6) is 0 Å². The largest absolute Gasteiger partial charge is 0.309 e. The van der Waals surface area contributed by atoms with Gasteiger partial charge in [-0.05, 0) is 18.9 Å². The Balaban J connectivity index is 1.74. The monoisotopic (exact) mass is 230 g/mol. The van der Waals surface area contributed by atoms with E-state index >= 15 is 0 Å². The Bertz CT molecular complexity index is 428. The lowest BCUT2D eigenvalue weighted by molar-refractivity contribution is 0.0722. The molecule has 2 atom stereocenters. The molecule has 3 fully saturated rings. The summed E-state index contributed by atoms with van der Waals surface area (Å²) in [6.45, 7) is 4.78. The fraction of sp³-hybridized carbons (Fsp3) is 0.500. The van der Waals surface area contributed by atoms with Crippen molar-refractivity contribution in [2.45, 2.75) is 32.0 Å². The summed E-state index contributed by atoms with van der Waals surface area (Å²) >= 11 is 0. The highest BCUT2D eigenvalue weighted by Crippen LogP contribution is 2.23. The Morgan fingerprint density at radius 2 is 2.00 bits per heavy atom. The standard InChI is InChI=1S/C14H18N2O/c1-10(17)14-5-3-2-4-11(14)7-16-8-12-6-13(9-16)15-12/h2-5,12-13,15H,6-9H2,1H3. The van der Waals surface area contributed by atoms with Crippen LogP contribution < -0.4 is 5.32 Å². The number of hydrogen-bond donors (Lipinski definition) is 1. The van der Waals surface area contributed by atoms with E-state index in [9.17, 15) is 4.79 Å². The minimum atomic E-state index is 0.167. The number of ketones is 1. The summed E-state index contributed by atoms with van der Waals surface area (Å²) in [5.74, 6) is 0.167. The van der Waals surface area contributed by atoms with Crippen molar-refractivity contribution in [3.63, 3.8) is 0 Å². The van der Waals surface area contributed by atoms with Gasteiger partial charge in [0.25, 0.3) is 0 Å². The number of fused-ring (bicyclic) bond motifs is 2. The van der Waals surface area contributed by atoms with Gasteiger partial charge in [0.15, 0.2) is 5.78 Å². The van der Waals surface area contributed by atoms with Gasteiger partial charge in [-0.15, -0.1) is 0 Å². The number of piperazine rings is 1. The summed E-state index contributed by atoms with van der Waals surface area (Å²) < 4.78 is 0. The number of hydrogen-bond acceptors (Lipinski definition) is 3. The molecule has 1 N–H and O–H groups in total. The number of carbonyl (C=O) groups is 1. The van der Waals surface area contributed by atoms with Crippen LogP contribution >= 0.6 is 0 Å². The fourth-order valence-electron chi connectivity index (χ4n) is 2.98. The van der Waals surface area contributed by atoms with E-state index in [1.807, 2.05) is 18.2 Å². The Labute approximate surface area is 102 Å². The average Bonchev–Trinajstić information content (AvgIpc) is 2.28. The van der Waals surface area contributed by atoms with Crippen molar-refractivity contribution in [1.29, 1.82) is 0 Å². The second-order valence-electron chi connectivity index (χ2n) is 5.20. The summed E-state index contributed by atoms with van der Waals surface area (Å²) in [6, 6.07) is 9.32. The van der Waals surface area contributed by atoms with E-state index in [2.05, 4.69) is 16.3 Å². The first-order valence-corrected chi connectivity index (χ1v) is 6.29. The van der Waals surface area contributed by atoms with Crippen LogP contribution in [0.15, 0.2) is 24.3 Å². The second-order valence-corrected chi connectivity index (χ2v) is 5.20. The summed E-state index contributed by atoms with van der Waals surface area (Å²) in [4.78, 5) is 14.0. The van der Waals surface area contributed by atoms with Crippen molar-refractivity contribution in [3.8, 4) is 0 Å². The third kappa shape index (κ3) is 2.13. The lowest BCUT2D eigenvalue weighted by Gasteiger charge is -2.48. The Morgan fingerprint density at radius 1 is 1.35 bits per heavy atom. The molecule has 3 saturated heterocycles. The molecule has 17 heavy (non-hydrogen) atoms. The molecule has 0 aromatic heterocycles. The van der Waals surface area contributed by atoms with Crippen molar-refractivity contribution < 1.29 is 4.79 Å². The number of benzene rings is 1. The van der Waals surface area contributed by atoms with E-state index in [0.29, 0.717) is 12.1 Å². The first-order chi connectivity index (χ1) is 8.22. The first-order valence-electron chi connectivity index (χ1n) is 6.29. The Kier molecular flexibility index (Phi) is 2.73. The number of piperidine rings is 1.